The molecule has 4 nitrogen and oxygen atoms in total. The predicted octanol–water partition coefficient (Wildman–Crippen LogP) is 4.40. The van der Waals surface area contributed by atoms with Crippen molar-refractivity contribution >= 4 is 28.9 Å². The lowest BCUT2D eigenvalue weighted by Crippen LogP contribution is -2.28. The Bertz CT molecular complexity index is 826. The van der Waals surface area contributed by atoms with E-state index < -0.39 is 0 Å². The molecule has 1 aromatic carbocycles. The second kappa shape index (κ2) is 7.05. The zero-order chi connectivity index (χ0) is 17.1. The summed E-state index contributed by atoms with van der Waals surface area (Å²) in [5.74, 6) is 0.522. The van der Waals surface area contributed by atoms with Crippen molar-refractivity contribution in [3.05, 3.63) is 52.9 Å². The zero-order valence-corrected chi connectivity index (χ0v) is 14.3. The van der Waals surface area contributed by atoms with Gasteiger partial charge in [0.05, 0.1) is 10.5 Å². The van der Waals surface area contributed by atoms with E-state index in [4.69, 9.17) is 4.42 Å². The first-order valence-corrected chi connectivity index (χ1v) is 8.56. The van der Waals surface area contributed by atoms with Gasteiger partial charge in [-0.15, -0.1) is 0 Å². The number of hydrogen-bond donors (Lipinski definition) is 0. The molecule has 3 rings (SSSR count). The molecule has 0 radical (unpaired) electrons. The number of halogens is 1. The molecule has 6 heteroatoms. The Kier molecular flexibility index (Phi) is 4.85. The van der Waals surface area contributed by atoms with Crippen molar-refractivity contribution in [2.75, 3.05) is 13.1 Å². The fourth-order valence-electron chi connectivity index (χ4n) is 2.41. The van der Waals surface area contributed by atoms with E-state index in [1.807, 2.05) is 13.8 Å². The van der Waals surface area contributed by atoms with E-state index in [1.54, 1.807) is 41.3 Å². The Balaban J connectivity index is 1.89. The predicted molar refractivity (Wildman–Crippen MR) is 95.0 cm³/mol. The number of aliphatic imine (C=N–C) groups is 1. The number of likely N-dealkylation sites (N-methyl/N-ethyl adjacent to an activating group) is 1. The number of benzene rings is 1. The standard InChI is InChI=1S/C18H17FN2O2S/c1-3-20-18-21(4-2)17(22)16(24-18)11-12-9-10-15(23-12)13-7-5-6-8-14(13)19/h5-11H,3-4H2,1-2H3/b16-11-,20-18?. The van der Waals surface area contributed by atoms with Gasteiger partial charge in [-0.2, -0.15) is 0 Å². The highest BCUT2D eigenvalue weighted by Crippen LogP contribution is 2.33. The molecule has 0 saturated carbocycles. The topological polar surface area (TPSA) is 45.8 Å². The molecule has 1 aliphatic heterocycles. The Morgan fingerprint density at radius 2 is 2.04 bits per heavy atom. The van der Waals surface area contributed by atoms with Gasteiger partial charge in [0.1, 0.15) is 17.3 Å². The van der Waals surface area contributed by atoms with Crippen LogP contribution in [0.15, 0.2) is 50.7 Å². The van der Waals surface area contributed by atoms with Crippen LogP contribution in [0, 0.1) is 5.82 Å². The number of furan rings is 1. The third-order valence-electron chi connectivity index (χ3n) is 3.54. The highest BCUT2D eigenvalue weighted by Gasteiger charge is 2.32. The summed E-state index contributed by atoms with van der Waals surface area (Å²) in [5.41, 5.74) is 0.399. The molecule has 0 spiro atoms. The number of nitrogens with zero attached hydrogens (tertiary/aromatic N) is 2. The monoisotopic (exact) mass is 344 g/mol. The Morgan fingerprint density at radius 3 is 2.75 bits per heavy atom. The van der Waals surface area contributed by atoms with Gasteiger partial charge >= 0.3 is 0 Å². The zero-order valence-electron chi connectivity index (χ0n) is 13.5. The van der Waals surface area contributed by atoms with Crippen LogP contribution < -0.4 is 0 Å². The number of carbonyl (C=O) groups excluding carboxylic acids is 1. The fourth-order valence-corrected chi connectivity index (χ4v) is 3.49. The summed E-state index contributed by atoms with van der Waals surface area (Å²) in [6.07, 6.45) is 1.68. The van der Waals surface area contributed by atoms with E-state index >= 15 is 0 Å². The minimum absolute atomic E-state index is 0.0847. The number of rotatable bonds is 4. The van der Waals surface area contributed by atoms with Crippen molar-refractivity contribution in [3.8, 4) is 11.3 Å². The summed E-state index contributed by atoms with van der Waals surface area (Å²) in [4.78, 5) is 19.0. The highest BCUT2D eigenvalue weighted by atomic mass is 32.2. The van der Waals surface area contributed by atoms with Crippen molar-refractivity contribution in [2.24, 2.45) is 4.99 Å². The summed E-state index contributed by atoms with van der Waals surface area (Å²) < 4.78 is 19.5. The molecule has 0 bridgehead atoms. The maximum Gasteiger partial charge on any atom is 0.266 e. The average molecular weight is 344 g/mol. The molecule has 0 N–H and O–H groups in total. The first-order valence-electron chi connectivity index (χ1n) is 7.74. The number of amidine groups is 1. The molecular formula is C18H17FN2O2S. The van der Waals surface area contributed by atoms with Crippen LogP contribution in [-0.2, 0) is 4.79 Å². The van der Waals surface area contributed by atoms with Crippen LogP contribution in [0.5, 0.6) is 0 Å². The van der Waals surface area contributed by atoms with E-state index in [-0.39, 0.29) is 11.7 Å². The molecule has 2 aromatic rings. The Hall–Kier alpha value is -2.34. The summed E-state index contributed by atoms with van der Waals surface area (Å²) in [6, 6.07) is 9.86. The average Bonchev–Trinajstić information content (AvgIpc) is 3.14. The van der Waals surface area contributed by atoms with Gasteiger partial charge in [0.2, 0.25) is 0 Å². The number of amides is 1. The van der Waals surface area contributed by atoms with Crippen LogP contribution in [0.3, 0.4) is 0 Å². The van der Waals surface area contributed by atoms with Crippen molar-refractivity contribution in [1.29, 1.82) is 0 Å². The fraction of sp³-hybridized carbons (Fsp3) is 0.222. The Labute approximate surface area is 144 Å². The molecule has 0 unspecified atom stereocenters. The van der Waals surface area contributed by atoms with Crippen LogP contribution in [0.4, 0.5) is 4.39 Å². The second-order valence-corrected chi connectivity index (χ2v) is 6.11. The number of carbonyl (C=O) groups is 1. The summed E-state index contributed by atoms with van der Waals surface area (Å²) in [7, 11) is 0. The molecular weight excluding hydrogens is 327 g/mol. The van der Waals surface area contributed by atoms with Gasteiger partial charge in [0.15, 0.2) is 5.17 Å². The van der Waals surface area contributed by atoms with Crippen LogP contribution >= 0.6 is 11.8 Å². The molecule has 0 aliphatic carbocycles. The van der Waals surface area contributed by atoms with Gasteiger partial charge in [-0.25, -0.2) is 4.39 Å². The normalized spacial score (nSPS) is 18.1. The van der Waals surface area contributed by atoms with Gasteiger partial charge in [-0.3, -0.25) is 14.7 Å². The molecule has 2 heterocycles. The quantitative estimate of drug-likeness (QED) is 0.773. The molecule has 1 aliphatic rings. The van der Waals surface area contributed by atoms with Crippen molar-refractivity contribution < 1.29 is 13.6 Å². The Morgan fingerprint density at radius 1 is 1.25 bits per heavy atom. The van der Waals surface area contributed by atoms with E-state index in [0.717, 1.165) is 0 Å². The van der Waals surface area contributed by atoms with Gasteiger partial charge < -0.3 is 4.42 Å². The van der Waals surface area contributed by atoms with Crippen molar-refractivity contribution in [1.82, 2.24) is 4.90 Å². The molecule has 1 amide bonds. The van der Waals surface area contributed by atoms with Crippen LogP contribution in [0.2, 0.25) is 0 Å². The smallest absolute Gasteiger partial charge is 0.266 e. The van der Waals surface area contributed by atoms with E-state index in [9.17, 15) is 9.18 Å². The molecule has 0 atom stereocenters. The third kappa shape index (κ3) is 3.14. The highest BCUT2D eigenvalue weighted by molar-refractivity contribution is 8.18. The minimum atomic E-state index is -0.341. The lowest BCUT2D eigenvalue weighted by Gasteiger charge is -2.11. The molecule has 124 valence electrons. The summed E-state index contributed by atoms with van der Waals surface area (Å²) >= 11 is 1.33. The molecule has 24 heavy (non-hydrogen) atoms. The van der Waals surface area contributed by atoms with Crippen molar-refractivity contribution in [2.45, 2.75) is 13.8 Å². The second-order valence-electron chi connectivity index (χ2n) is 5.10. The van der Waals surface area contributed by atoms with Crippen LogP contribution in [-0.4, -0.2) is 29.1 Å². The van der Waals surface area contributed by atoms with E-state index in [0.29, 0.717) is 40.2 Å². The lowest BCUT2D eigenvalue weighted by atomic mass is 10.1. The van der Waals surface area contributed by atoms with Gasteiger partial charge in [-0.05, 0) is 49.9 Å². The van der Waals surface area contributed by atoms with Crippen LogP contribution in [0.25, 0.3) is 17.4 Å². The summed E-state index contributed by atoms with van der Waals surface area (Å²) in [5, 5.41) is 0.706. The van der Waals surface area contributed by atoms with Crippen molar-refractivity contribution in [3.63, 3.8) is 0 Å². The third-order valence-corrected chi connectivity index (χ3v) is 4.58. The molecule has 1 fully saturated rings. The number of thioether (sulfide) groups is 1. The molecule has 1 saturated heterocycles. The molecule has 1 aromatic heterocycles. The largest absolute Gasteiger partial charge is 0.457 e. The van der Waals surface area contributed by atoms with Crippen LogP contribution in [0.1, 0.15) is 19.6 Å². The van der Waals surface area contributed by atoms with E-state index in [2.05, 4.69) is 4.99 Å². The van der Waals surface area contributed by atoms with E-state index in [1.165, 1.54) is 17.8 Å². The lowest BCUT2D eigenvalue weighted by molar-refractivity contribution is -0.122. The number of hydrogen-bond acceptors (Lipinski definition) is 4. The summed E-state index contributed by atoms with van der Waals surface area (Å²) in [6.45, 7) is 5.04. The van der Waals surface area contributed by atoms with Gasteiger partial charge in [0.25, 0.3) is 5.91 Å². The van der Waals surface area contributed by atoms with Gasteiger partial charge in [-0.1, -0.05) is 12.1 Å². The van der Waals surface area contributed by atoms with Gasteiger partial charge in [0, 0.05) is 19.2 Å². The minimum Gasteiger partial charge on any atom is -0.457 e. The first kappa shape index (κ1) is 16.5. The first-order chi connectivity index (χ1) is 11.6. The maximum atomic E-state index is 13.8. The maximum absolute atomic E-state index is 13.8. The SMILES string of the molecule is CCN=C1S/C(=C\c2ccc(-c3ccccc3F)o2)C(=O)N1CC.